The highest BCUT2D eigenvalue weighted by Crippen LogP contribution is 1.89. The van der Waals surface area contributed by atoms with Gasteiger partial charge in [0.25, 0.3) is 0 Å². The predicted molar refractivity (Wildman–Crippen MR) is 45.2 cm³/mol. The number of amides is 1. The molecule has 13 heavy (non-hydrogen) atoms. The molecule has 0 aromatic rings. The third-order valence-electron chi connectivity index (χ3n) is 1.29. The van der Waals surface area contributed by atoms with Crippen molar-refractivity contribution in [3.63, 3.8) is 0 Å². The zero-order valence-electron chi connectivity index (χ0n) is 7.27. The van der Waals surface area contributed by atoms with Crippen molar-refractivity contribution in [3.05, 3.63) is 0 Å². The first-order valence-corrected chi connectivity index (χ1v) is 4.62. The molecule has 0 aliphatic heterocycles. The lowest BCUT2D eigenvalue weighted by Crippen LogP contribution is -2.46. The summed E-state index contributed by atoms with van der Waals surface area (Å²) in [7, 11) is 0. The molecule has 7 heteroatoms. The van der Waals surface area contributed by atoms with Crippen molar-refractivity contribution in [3.8, 4) is 0 Å². The zero-order valence-corrected chi connectivity index (χ0v) is 8.09. The second-order valence-corrected chi connectivity index (χ2v) is 3.44. The standard InChI is InChI=1S/C6H12N2O4S/c1-3(7)5(9)8-4(2)6(10)13(11)12/h3-4H,7H2,1-2H3,(H,8,9)(H,11,12)/p-1/t3-,4-/m0/s1. The molecule has 6 nitrogen and oxygen atoms in total. The summed E-state index contributed by atoms with van der Waals surface area (Å²) in [5, 5.41) is 1.09. The van der Waals surface area contributed by atoms with E-state index in [4.69, 9.17) is 5.73 Å². The summed E-state index contributed by atoms with van der Waals surface area (Å²) in [5.74, 6) is -0.564. The maximum Gasteiger partial charge on any atom is 0.237 e. The predicted octanol–water partition coefficient (Wildman–Crippen LogP) is -1.76. The highest BCUT2D eigenvalue weighted by molar-refractivity contribution is 7.95. The summed E-state index contributed by atoms with van der Waals surface area (Å²) in [6, 6.07) is -1.83. The molecule has 0 rings (SSSR count). The zero-order chi connectivity index (χ0) is 10.6. The highest BCUT2D eigenvalue weighted by Gasteiger charge is 2.17. The van der Waals surface area contributed by atoms with Gasteiger partial charge in [-0.05, 0) is 13.8 Å². The fraction of sp³-hybridized carbons (Fsp3) is 0.667. The van der Waals surface area contributed by atoms with Crippen molar-refractivity contribution in [2.24, 2.45) is 5.73 Å². The number of hydrogen-bond donors (Lipinski definition) is 2. The van der Waals surface area contributed by atoms with E-state index in [1.807, 2.05) is 0 Å². The first-order chi connectivity index (χ1) is 5.86. The number of rotatable bonds is 3. The summed E-state index contributed by atoms with van der Waals surface area (Å²) < 4.78 is 20.3. The van der Waals surface area contributed by atoms with E-state index in [2.05, 4.69) is 5.32 Å². The van der Waals surface area contributed by atoms with Gasteiger partial charge < -0.3 is 15.6 Å². The van der Waals surface area contributed by atoms with Crippen molar-refractivity contribution in [2.75, 3.05) is 0 Å². The van der Waals surface area contributed by atoms with E-state index in [1.54, 1.807) is 0 Å². The minimum absolute atomic E-state index is 0.564. The molecule has 0 aliphatic rings. The first-order valence-electron chi connectivity index (χ1n) is 3.55. The van der Waals surface area contributed by atoms with E-state index in [1.165, 1.54) is 13.8 Å². The SMILES string of the molecule is C[C@H](N)C(=O)N[C@@H](C)C(=O)S(=O)[O-]. The fourth-order valence-corrected chi connectivity index (χ4v) is 0.896. The monoisotopic (exact) mass is 207 g/mol. The van der Waals surface area contributed by atoms with Gasteiger partial charge in [0, 0.05) is 11.1 Å². The molecule has 0 saturated carbocycles. The normalized spacial score (nSPS) is 17.2. The Morgan fingerprint density at radius 3 is 2.23 bits per heavy atom. The van der Waals surface area contributed by atoms with Crippen molar-refractivity contribution >= 4 is 22.1 Å². The van der Waals surface area contributed by atoms with Gasteiger partial charge in [-0.2, -0.15) is 0 Å². The van der Waals surface area contributed by atoms with Crippen molar-refractivity contribution in [1.29, 1.82) is 0 Å². The summed E-state index contributed by atoms with van der Waals surface area (Å²) in [6.07, 6.45) is 0. The summed E-state index contributed by atoms with van der Waals surface area (Å²) in [5.41, 5.74) is 5.18. The first kappa shape index (κ1) is 12.2. The highest BCUT2D eigenvalue weighted by atomic mass is 32.2. The van der Waals surface area contributed by atoms with Crippen molar-refractivity contribution in [1.82, 2.24) is 5.32 Å². The van der Waals surface area contributed by atoms with Crippen molar-refractivity contribution < 1.29 is 18.4 Å². The molecule has 76 valence electrons. The average molecular weight is 207 g/mol. The van der Waals surface area contributed by atoms with Crippen LogP contribution in [0, 0.1) is 0 Å². The van der Waals surface area contributed by atoms with E-state index < -0.39 is 34.2 Å². The van der Waals surface area contributed by atoms with Crippen LogP contribution in [0.15, 0.2) is 0 Å². The minimum Gasteiger partial charge on any atom is -0.766 e. The van der Waals surface area contributed by atoms with Gasteiger partial charge in [-0.3, -0.25) is 13.8 Å². The Morgan fingerprint density at radius 1 is 1.46 bits per heavy atom. The Morgan fingerprint density at radius 2 is 1.92 bits per heavy atom. The van der Waals surface area contributed by atoms with Gasteiger partial charge in [-0.1, -0.05) is 0 Å². The number of hydrogen-bond acceptors (Lipinski definition) is 5. The van der Waals surface area contributed by atoms with Crippen molar-refractivity contribution in [2.45, 2.75) is 25.9 Å². The van der Waals surface area contributed by atoms with Gasteiger partial charge in [0.2, 0.25) is 11.0 Å². The summed E-state index contributed by atoms with van der Waals surface area (Å²) >= 11 is -2.81. The smallest absolute Gasteiger partial charge is 0.237 e. The molecule has 3 N–H and O–H groups in total. The van der Waals surface area contributed by atoms with E-state index >= 15 is 0 Å². The lowest BCUT2D eigenvalue weighted by Gasteiger charge is -2.15. The molecule has 1 amide bonds. The molecule has 0 saturated heterocycles. The Kier molecular flexibility index (Phi) is 4.74. The van der Waals surface area contributed by atoms with Gasteiger partial charge >= 0.3 is 0 Å². The van der Waals surface area contributed by atoms with Gasteiger partial charge in [0.05, 0.1) is 12.1 Å². The molecular weight excluding hydrogens is 196 g/mol. The van der Waals surface area contributed by atoms with Crippen LogP contribution in [-0.4, -0.2) is 31.9 Å². The number of carbonyl (C=O) groups is 2. The van der Waals surface area contributed by atoms with Crippen LogP contribution in [-0.2, 0) is 20.7 Å². The Bertz CT molecular complexity index is 241. The van der Waals surface area contributed by atoms with Gasteiger partial charge in [0.15, 0.2) is 0 Å². The Labute approximate surface area is 78.2 Å². The molecule has 0 radical (unpaired) electrons. The van der Waals surface area contributed by atoms with E-state index in [0.29, 0.717) is 0 Å². The van der Waals surface area contributed by atoms with Crippen LogP contribution in [0.1, 0.15) is 13.8 Å². The van der Waals surface area contributed by atoms with Crippen LogP contribution < -0.4 is 11.1 Å². The van der Waals surface area contributed by atoms with Gasteiger partial charge in [0.1, 0.15) is 0 Å². The van der Waals surface area contributed by atoms with E-state index in [-0.39, 0.29) is 0 Å². The average Bonchev–Trinajstić information content (AvgIpc) is 2.02. The van der Waals surface area contributed by atoms with Crippen LogP contribution in [0.4, 0.5) is 0 Å². The van der Waals surface area contributed by atoms with E-state index in [9.17, 15) is 18.4 Å². The van der Waals surface area contributed by atoms with Crippen LogP contribution in [0.2, 0.25) is 0 Å². The number of carbonyl (C=O) groups excluding carboxylic acids is 2. The van der Waals surface area contributed by atoms with Gasteiger partial charge in [-0.15, -0.1) is 0 Å². The molecule has 1 unspecified atom stereocenters. The maximum atomic E-state index is 10.9. The lowest BCUT2D eigenvalue weighted by atomic mass is 10.3. The second kappa shape index (κ2) is 5.05. The molecule has 0 aromatic heterocycles. The molecule has 0 spiro atoms. The number of nitrogens with two attached hydrogens (primary N) is 1. The third kappa shape index (κ3) is 4.11. The molecule has 0 bridgehead atoms. The second-order valence-electron chi connectivity index (χ2n) is 2.57. The van der Waals surface area contributed by atoms with Crippen LogP contribution in [0.5, 0.6) is 0 Å². The Hall–Kier alpha value is -0.790. The van der Waals surface area contributed by atoms with Crippen LogP contribution >= 0.6 is 0 Å². The molecular formula is C6H11N2O4S-. The van der Waals surface area contributed by atoms with Crippen LogP contribution in [0.3, 0.4) is 0 Å². The fourth-order valence-electron chi connectivity index (χ4n) is 0.548. The van der Waals surface area contributed by atoms with E-state index in [0.717, 1.165) is 0 Å². The quantitative estimate of drug-likeness (QED) is 0.532. The van der Waals surface area contributed by atoms with Gasteiger partial charge in [-0.25, -0.2) is 0 Å². The summed E-state index contributed by atoms with van der Waals surface area (Å²) in [4.78, 5) is 21.6. The summed E-state index contributed by atoms with van der Waals surface area (Å²) in [6.45, 7) is 2.71. The minimum atomic E-state index is -2.81. The van der Waals surface area contributed by atoms with Crippen LogP contribution in [0.25, 0.3) is 0 Å². The topological polar surface area (TPSA) is 112 Å². The number of nitrogens with one attached hydrogen (secondary N) is 1. The largest absolute Gasteiger partial charge is 0.766 e. The molecule has 0 heterocycles. The Balaban J connectivity index is 4.16. The maximum absolute atomic E-state index is 10.9. The third-order valence-corrected chi connectivity index (χ3v) is 1.97. The molecule has 0 aromatic carbocycles. The lowest BCUT2D eigenvalue weighted by molar-refractivity contribution is -0.125. The molecule has 3 atom stereocenters. The molecule has 0 aliphatic carbocycles. The molecule has 0 fully saturated rings.